The number of halogens is 3. The molecule has 0 unspecified atom stereocenters. The van der Waals surface area contributed by atoms with Crippen LogP contribution in [-0.2, 0) is 6.18 Å². The zero-order valence-electron chi connectivity index (χ0n) is 15.7. The first kappa shape index (κ1) is 20.7. The van der Waals surface area contributed by atoms with E-state index in [1.54, 1.807) is 12.1 Å². The van der Waals surface area contributed by atoms with E-state index in [0.29, 0.717) is 5.69 Å². The molecule has 0 saturated heterocycles. The van der Waals surface area contributed by atoms with Crippen molar-refractivity contribution in [1.82, 2.24) is 5.32 Å². The van der Waals surface area contributed by atoms with Crippen LogP contribution in [0.2, 0.25) is 0 Å². The molecule has 1 saturated carbocycles. The maximum Gasteiger partial charge on any atom is 0.416 e. The number of alkyl halides is 3. The Balaban J connectivity index is 1.56. The van der Waals surface area contributed by atoms with Gasteiger partial charge in [0.05, 0.1) is 5.56 Å². The Morgan fingerprint density at radius 2 is 1.55 bits per heavy atom. The standard InChI is InChI=1S/C21H22F3N3O2/c22-21(23,24)15-5-4-8-18(13-15)25-19(28)14-9-11-17(12-10-14)27-20(29)26-16-6-2-1-3-7-16/h4-5,8-13,16H,1-3,6-7H2,(H,25,28)(H2,26,27,29). The van der Waals surface area contributed by atoms with E-state index in [-0.39, 0.29) is 23.3 Å². The molecular weight excluding hydrogens is 383 g/mol. The minimum atomic E-state index is -4.48. The van der Waals surface area contributed by atoms with Crippen molar-refractivity contribution in [3.05, 3.63) is 59.7 Å². The molecule has 3 amide bonds. The normalized spacial score (nSPS) is 14.9. The van der Waals surface area contributed by atoms with Gasteiger partial charge in [0.25, 0.3) is 5.91 Å². The van der Waals surface area contributed by atoms with Gasteiger partial charge in [-0.25, -0.2) is 4.79 Å². The minimum Gasteiger partial charge on any atom is -0.335 e. The highest BCUT2D eigenvalue weighted by molar-refractivity contribution is 6.04. The summed E-state index contributed by atoms with van der Waals surface area (Å²) in [7, 11) is 0. The minimum absolute atomic E-state index is 0.0545. The number of benzene rings is 2. The van der Waals surface area contributed by atoms with E-state index in [4.69, 9.17) is 0 Å². The van der Waals surface area contributed by atoms with Crippen molar-refractivity contribution in [3.63, 3.8) is 0 Å². The van der Waals surface area contributed by atoms with Gasteiger partial charge in [0.2, 0.25) is 0 Å². The number of carbonyl (C=O) groups is 2. The highest BCUT2D eigenvalue weighted by Crippen LogP contribution is 2.30. The number of nitrogens with one attached hydrogen (secondary N) is 3. The molecule has 0 atom stereocenters. The lowest BCUT2D eigenvalue weighted by Gasteiger charge is -2.22. The lowest BCUT2D eigenvalue weighted by Crippen LogP contribution is -2.39. The highest BCUT2D eigenvalue weighted by Gasteiger charge is 2.30. The Kier molecular flexibility index (Phi) is 6.41. The van der Waals surface area contributed by atoms with Gasteiger partial charge in [-0.3, -0.25) is 4.79 Å². The number of anilines is 2. The number of hydrogen-bond acceptors (Lipinski definition) is 2. The van der Waals surface area contributed by atoms with Crippen LogP contribution in [0.25, 0.3) is 0 Å². The second-order valence-electron chi connectivity index (χ2n) is 7.04. The van der Waals surface area contributed by atoms with E-state index in [2.05, 4.69) is 16.0 Å². The van der Waals surface area contributed by atoms with Gasteiger partial charge in [-0.1, -0.05) is 25.3 Å². The van der Waals surface area contributed by atoms with E-state index in [1.807, 2.05) is 0 Å². The summed E-state index contributed by atoms with van der Waals surface area (Å²) in [6.45, 7) is 0. The largest absolute Gasteiger partial charge is 0.416 e. The first-order chi connectivity index (χ1) is 13.8. The Hall–Kier alpha value is -3.03. The zero-order valence-corrected chi connectivity index (χ0v) is 15.7. The van der Waals surface area contributed by atoms with Crippen LogP contribution in [0.1, 0.15) is 48.0 Å². The molecule has 0 aliphatic heterocycles. The van der Waals surface area contributed by atoms with Gasteiger partial charge < -0.3 is 16.0 Å². The number of rotatable bonds is 4. The van der Waals surface area contributed by atoms with Crippen LogP contribution in [0.15, 0.2) is 48.5 Å². The van der Waals surface area contributed by atoms with Crippen molar-refractivity contribution in [2.75, 3.05) is 10.6 Å². The predicted molar refractivity (Wildman–Crippen MR) is 105 cm³/mol. The molecule has 29 heavy (non-hydrogen) atoms. The summed E-state index contributed by atoms with van der Waals surface area (Å²) in [5.41, 5.74) is 0.00675. The molecule has 0 bridgehead atoms. The lowest BCUT2D eigenvalue weighted by atomic mass is 9.96. The molecule has 0 spiro atoms. The van der Waals surface area contributed by atoms with Crippen LogP contribution in [0, 0.1) is 0 Å². The summed E-state index contributed by atoms with van der Waals surface area (Å²) < 4.78 is 38.3. The quantitative estimate of drug-likeness (QED) is 0.636. The molecule has 1 aliphatic carbocycles. The second kappa shape index (κ2) is 8.98. The maximum absolute atomic E-state index is 12.8. The lowest BCUT2D eigenvalue weighted by molar-refractivity contribution is -0.137. The molecule has 0 aromatic heterocycles. The average Bonchev–Trinajstić information content (AvgIpc) is 2.69. The van der Waals surface area contributed by atoms with Crippen molar-refractivity contribution < 1.29 is 22.8 Å². The van der Waals surface area contributed by atoms with Gasteiger partial charge in [-0.2, -0.15) is 13.2 Å². The summed E-state index contributed by atoms with van der Waals surface area (Å²) >= 11 is 0. The van der Waals surface area contributed by atoms with Crippen molar-refractivity contribution in [2.45, 2.75) is 44.3 Å². The summed E-state index contributed by atoms with van der Waals surface area (Å²) in [5, 5.41) is 8.10. The van der Waals surface area contributed by atoms with Gasteiger partial charge in [-0.15, -0.1) is 0 Å². The Morgan fingerprint density at radius 1 is 0.862 bits per heavy atom. The van der Waals surface area contributed by atoms with Crippen molar-refractivity contribution in [3.8, 4) is 0 Å². The molecule has 0 heterocycles. The number of carbonyl (C=O) groups excluding carboxylic acids is 2. The smallest absolute Gasteiger partial charge is 0.335 e. The maximum atomic E-state index is 12.8. The molecule has 0 radical (unpaired) electrons. The van der Waals surface area contributed by atoms with Crippen molar-refractivity contribution >= 4 is 23.3 Å². The second-order valence-corrected chi connectivity index (χ2v) is 7.04. The molecule has 5 nitrogen and oxygen atoms in total. The number of urea groups is 1. The fraction of sp³-hybridized carbons (Fsp3) is 0.333. The first-order valence-corrected chi connectivity index (χ1v) is 9.47. The van der Waals surface area contributed by atoms with Crippen molar-refractivity contribution in [1.29, 1.82) is 0 Å². The van der Waals surface area contributed by atoms with Gasteiger partial charge >= 0.3 is 12.2 Å². The molecular formula is C21H22F3N3O2. The van der Waals surface area contributed by atoms with Crippen LogP contribution in [0.4, 0.5) is 29.3 Å². The van der Waals surface area contributed by atoms with Gasteiger partial charge in [-0.05, 0) is 55.3 Å². The Bertz CT molecular complexity index is 860. The summed E-state index contributed by atoms with van der Waals surface area (Å²) in [6, 6.07) is 10.5. The number of hydrogen-bond donors (Lipinski definition) is 3. The van der Waals surface area contributed by atoms with Crippen LogP contribution < -0.4 is 16.0 Å². The summed E-state index contributed by atoms with van der Waals surface area (Å²) in [6.07, 6.45) is 0.890. The fourth-order valence-electron chi connectivity index (χ4n) is 3.28. The summed E-state index contributed by atoms with van der Waals surface area (Å²) in [4.78, 5) is 24.3. The molecule has 1 fully saturated rings. The molecule has 2 aromatic carbocycles. The van der Waals surface area contributed by atoms with Gasteiger partial charge in [0.15, 0.2) is 0 Å². The molecule has 2 aromatic rings. The Morgan fingerprint density at radius 3 is 2.21 bits per heavy atom. The monoisotopic (exact) mass is 405 g/mol. The van der Waals surface area contributed by atoms with E-state index in [0.717, 1.165) is 37.8 Å². The molecule has 154 valence electrons. The third kappa shape index (κ3) is 5.97. The van der Waals surface area contributed by atoms with Crippen LogP contribution in [0.3, 0.4) is 0 Å². The average molecular weight is 405 g/mol. The van der Waals surface area contributed by atoms with Crippen molar-refractivity contribution in [2.24, 2.45) is 0 Å². The van der Waals surface area contributed by atoms with Crippen LogP contribution in [0.5, 0.6) is 0 Å². The third-order valence-corrected chi connectivity index (χ3v) is 4.79. The molecule has 8 heteroatoms. The fourth-order valence-corrected chi connectivity index (χ4v) is 3.28. The Labute approximate surface area is 166 Å². The van der Waals surface area contributed by atoms with Gasteiger partial charge in [0.1, 0.15) is 0 Å². The van der Waals surface area contributed by atoms with Crippen LogP contribution in [-0.4, -0.2) is 18.0 Å². The van der Waals surface area contributed by atoms with Gasteiger partial charge in [0, 0.05) is 23.0 Å². The van der Waals surface area contributed by atoms with Crippen LogP contribution >= 0.6 is 0 Å². The molecule has 3 rings (SSSR count). The van der Waals surface area contributed by atoms with E-state index >= 15 is 0 Å². The summed E-state index contributed by atoms with van der Waals surface area (Å²) in [5.74, 6) is -0.539. The zero-order chi connectivity index (χ0) is 20.9. The molecule has 1 aliphatic rings. The predicted octanol–water partition coefficient (Wildman–Crippen LogP) is 5.41. The van der Waals surface area contributed by atoms with E-state index in [9.17, 15) is 22.8 Å². The third-order valence-electron chi connectivity index (χ3n) is 4.79. The van der Waals surface area contributed by atoms with E-state index in [1.165, 1.54) is 30.7 Å². The SMILES string of the molecule is O=C(Nc1ccc(C(=O)Nc2cccc(C(F)(F)F)c2)cc1)NC1CCCCC1. The number of amides is 3. The van der Waals surface area contributed by atoms with E-state index < -0.39 is 17.6 Å². The highest BCUT2D eigenvalue weighted by atomic mass is 19.4. The molecule has 3 N–H and O–H groups in total. The topological polar surface area (TPSA) is 70.2 Å². The first-order valence-electron chi connectivity index (χ1n) is 9.47.